The van der Waals surface area contributed by atoms with E-state index < -0.39 is 0 Å². The number of ether oxygens (including phenoxy) is 1. The molecule has 0 atom stereocenters. The number of rotatable bonds is 6. The van der Waals surface area contributed by atoms with E-state index in [1.54, 1.807) is 0 Å². The highest BCUT2D eigenvalue weighted by Crippen LogP contribution is 2.24. The zero-order valence-electron chi connectivity index (χ0n) is 15.0. The Balaban J connectivity index is 1.66. The second-order valence-corrected chi connectivity index (χ2v) is 6.32. The molecule has 0 heterocycles. The zero-order chi connectivity index (χ0) is 18.4. The molecule has 26 heavy (non-hydrogen) atoms. The van der Waals surface area contributed by atoms with E-state index in [9.17, 15) is 4.79 Å². The Kier molecular flexibility index (Phi) is 5.64. The lowest BCUT2D eigenvalue weighted by Crippen LogP contribution is -2.27. The summed E-state index contributed by atoms with van der Waals surface area (Å²) in [5.41, 5.74) is 4.44. The van der Waals surface area contributed by atoms with Crippen LogP contribution in [0.3, 0.4) is 0 Å². The lowest BCUT2D eigenvalue weighted by Gasteiger charge is -2.11. The van der Waals surface area contributed by atoms with Crippen molar-refractivity contribution in [2.45, 2.75) is 13.8 Å². The molecule has 3 aromatic rings. The molecule has 0 aromatic heterocycles. The first-order chi connectivity index (χ1) is 12.6. The molecule has 0 spiro atoms. The Morgan fingerprint density at radius 3 is 2.42 bits per heavy atom. The fourth-order valence-electron chi connectivity index (χ4n) is 2.76. The topological polar surface area (TPSA) is 50.7 Å². The first-order valence-corrected chi connectivity index (χ1v) is 8.67. The minimum Gasteiger partial charge on any atom is -0.483 e. The molecular weight excluding hydrogens is 324 g/mol. The smallest absolute Gasteiger partial charge is 0.277 e. The van der Waals surface area contributed by atoms with Gasteiger partial charge in [0.15, 0.2) is 6.61 Å². The number of hydrogen-bond acceptors (Lipinski definition) is 3. The van der Waals surface area contributed by atoms with Crippen LogP contribution in [-0.2, 0) is 4.79 Å². The number of amides is 1. The molecule has 0 saturated carbocycles. The lowest BCUT2D eigenvalue weighted by molar-refractivity contribution is -0.123. The predicted octanol–water partition coefficient (Wildman–Crippen LogP) is 4.40. The van der Waals surface area contributed by atoms with Gasteiger partial charge in [-0.3, -0.25) is 4.79 Å². The molecule has 0 fully saturated rings. The van der Waals surface area contributed by atoms with Crippen LogP contribution in [0.1, 0.15) is 19.4 Å². The Bertz CT molecular complexity index is 912. The van der Waals surface area contributed by atoms with Crippen molar-refractivity contribution in [3.8, 4) is 5.75 Å². The SMILES string of the molecule is CC(C)C(=NNC(=O)COc1cccc2ccccc12)c1ccccc1. The molecule has 0 bridgehead atoms. The van der Waals surface area contributed by atoms with Gasteiger partial charge in [0.2, 0.25) is 0 Å². The maximum atomic E-state index is 12.2. The standard InChI is InChI=1S/C22H22N2O2/c1-16(2)22(18-10-4-3-5-11-18)24-23-21(25)15-26-20-14-8-12-17-9-6-7-13-19(17)20/h3-14,16H,15H2,1-2H3,(H,23,25). The molecule has 1 amide bonds. The number of nitrogens with zero attached hydrogens (tertiary/aromatic N) is 1. The van der Waals surface area contributed by atoms with E-state index in [1.165, 1.54) is 0 Å². The van der Waals surface area contributed by atoms with Gasteiger partial charge in [0.1, 0.15) is 5.75 Å². The summed E-state index contributed by atoms with van der Waals surface area (Å²) in [5, 5.41) is 6.37. The fraction of sp³-hybridized carbons (Fsp3) is 0.182. The van der Waals surface area contributed by atoms with E-state index in [1.807, 2.05) is 86.6 Å². The number of benzene rings is 3. The normalized spacial score (nSPS) is 11.6. The van der Waals surface area contributed by atoms with E-state index >= 15 is 0 Å². The van der Waals surface area contributed by atoms with E-state index in [0.717, 1.165) is 22.0 Å². The van der Waals surface area contributed by atoms with Gasteiger partial charge in [0, 0.05) is 5.39 Å². The minimum absolute atomic E-state index is 0.0856. The van der Waals surface area contributed by atoms with E-state index in [4.69, 9.17) is 4.74 Å². The number of nitrogens with one attached hydrogen (secondary N) is 1. The molecule has 0 saturated heterocycles. The second kappa shape index (κ2) is 8.30. The molecule has 132 valence electrons. The molecule has 3 rings (SSSR count). The molecule has 3 aromatic carbocycles. The highest BCUT2D eigenvalue weighted by molar-refractivity contribution is 6.02. The van der Waals surface area contributed by atoms with Crippen molar-refractivity contribution in [3.63, 3.8) is 0 Å². The van der Waals surface area contributed by atoms with Crippen LogP contribution in [0.4, 0.5) is 0 Å². The van der Waals surface area contributed by atoms with Gasteiger partial charge >= 0.3 is 0 Å². The Labute approximate surface area is 153 Å². The average Bonchev–Trinajstić information content (AvgIpc) is 2.67. The van der Waals surface area contributed by atoms with Crippen molar-refractivity contribution in [1.82, 2.24) is 5.43 Å². The van der Waals surface area contributed by atoms with Gasteiger partial charge in [-0.05, 0) is 22.9 Å². The van der Waals surface area contributed by atoms with Gasteiger partial charge in [0.05, 0.1) is 5.71 Å². The first kappa shape index (κ1) is 17.7. The maximum Gasteiger partial charge on any atom is 0.277 e. The minimum atomic E-state index is -0.285. The first-order valence-electron chi connectivity index (χ1n) is 8.67. The maximum absolute atomic E-state index is 12.2. The van der Waals surface area contributed by atoms with Crippen molar-refractivity contribution >= 4 is 22.4 Å². The van der Waals surface area contributed by atoms with E-state index in [0.29, 0.717) is 5.75 Å². The number of fused-ring (bicyclic) bond motifs is 1. The Morgan fingerprint density at radius 1 is 0.962 bits per heavy atom. The summed E-state index contributed by atoms with van der Waals surface area (Å²) in [6.45, 7) is 4.01. The molecule has 0 radical (unpaired) electrons. The molecule has 0 aliphatic heterocycles. The summed E-state index contributed by atoms with van der Waals surface area (Å²) < 4.78 is 5.70. The summed E-state index contributed by atoms with van der Waals surface area (Å²) in [4.78, 5) is 12.2. The molecular formula is C22H22N2O2. The summed E-state index contributed by atoms with van der Waals surface area (Å²) in [5.74, 6) is 0.595. The van der Waals surface area contributed by atoms with Crippen LogP contribution in [0.15, 0.2) is 77.9 Å². The van der Waals surface area contributed by atoms with Gasteiger partial charge in [-0.2, -0.15) is 5.10 Å². The number of hydrogen-bond donors (Lipinski definition) is 1. The monoisotopic (exact) mass is 346 g/mol. The molecule has 0 unspecified atom stereocenters. The van der Waals surface area contributed by atoms with Crippen molar-refractivity contribution in [3.05, 3.63) is 78.4 Å². The predicted molar refractivity (Wildman–Crippen MR) is 105 cm³/mol. The number of carbonyl (C=O) groups is 1. The van der Waals surface area contributed by atoms with Crippen LogP contribution in [0.5, 0.6) is 5.75 Å². The molecule has 1 N–H and O–H groups in total. The van der Waals surface area contributed by atoms with Crippen molar-refractivity contribution < 1.29 is 9.53 Å². The molecule has 0 aliphatic carbocycles. The molecule has 4 nitrogen and oxygen atoms in total. The van der Waals surface area contributed by atoms with Crippen LogP contribution in [0.25, 0.3) is 10.8 Å². The fourth-order valence-corrected chi connectivity index (χ4v) is 2.76. The highest BCUT2D eigenvalue weighted by atomic mass is 16.5. The zero-order valence-corrected chi connectivity index (χ0v) is 15.0. The number of hydrazone groups is 1. The second-order valence-electron chi connectivity index (χ2n) is 6.32. The third kappa shape index (κ3) is 4.28. The summed E-state index contributed by atoms with van der Waals surface area (Å²) in [6, 6.07) is 23.6. The van der Waals surface area contributed by atoms with Gasteiger partial charge in [-0.1, -0.05) is 80.6 Å². The quantitative estimate of drug-likeness (QED) is 0.531. The average molecular weight is 346 g/mol. The van der Waals surface area contributed by atoms with Crippen molar-refractivity contribution in [1.29, 1.82) is 0 Å². The Hall–Kier alpha value is -3.14. The lowest BCUT2D eigenvalue weighted by atomic mass is 10.0. The highest BCUT2D eigenvalue weighted by Gasteiger charge is 2.10. The van der Waals surface area contributed by atoms with Gasteiger partial charge in [-0.25, -0.2) is 5.43 Å². The van der Waals surface area contributed by atoms with Crippen LogP contribution < -0.4 is 10.2 Å². The number of carbonyl (C=O) groups excluding carboxylic acids is 1. The van der Waals surface area contributed by atoms with Crippen LogP contribution in [-0.4, -0.2) is 18.2 Å². The van der Waals surface area contributed by atoms with Crippen LogP contribution >= 0.6 is 0 Å². The van der Waals surface area contributed by atoms with Crippen LogP contribution in [0, 0.1) is 5.92 Å². The summed E-state index contributed by atoms with van der Waals surface area (Å²) >= 11 is 0. The largest absolute Gasteiger partial charge is 0.483 e. The summed E-state index contributed by atoms with van der Waals surface area (Å²) in [6.07, 6.45) is 0. The third-order valence-electron chi connectivity index (χ3n) is 4.03. The van der Waals surface area contributed by atoms with Crippen molar-refractivity contribution in [2.75, 3.05) is 6.61 Å². The van der Waals surface area contributed by atoms with Crippen molar-refractivity contribution in [2.24, 2.45) is 11.0 Å². The van der Waals surface area contributed by atoms with Gasteiger partial charge in [0.25, 0.3) is 5.91 Å². The van der Waals surface area contributed by atoms with Gasteiger partial charge < -0.3 is 4.74 Å². The molecule has 4 heteroatoms. The van der Waals surface area contributed by atoms with E-state index in [2.05, 4.69) is 10.5 Å². The molecule has 0 aliphatic rings. The van der Waals surface area contributed by atoms with Gasteiger partial charge in [-0.15, -0.1) is 0 Å². The summed E-state index contributed by atoms with van der Waals surface area (Å²) in [7, 11) is 0. The Morgan fingerprint density at radius 2 is 1.65 bits per heavy atom. The van der Waals surface area contributed by atoms with E-state index in [-0.39, 0.29) is 18.4 Å². The third-order valence-corrected chi connectivity index (χ3v) is 4.03. The van der Waals surface area contributed by atoms with Crippen LogP contribution in [0.2, 0.25) is 0 Å².